The lowest BCUT2D eigenvalue weighted by Crippen LogP contribution is -2.13. The molecule has 1 atom stereocenters. The Labute approximate surface area is 128 Å². The van der Waals surface area contributed by atoms with Crippen LogP contribution in [0.3, 0.4) is 0 Å². The molecule has 1 aromatic carbocycles. The fraction of sp³-hybridized carbons (Fsp3) is 0.235. The molecule has 0 saturated carbocycles. The zero-order valence-electron chi connectivity index (χ0n) is 12.0. The van der Waals surface area contributed by atoms with Gasteiger partial charge in [-0.15, -0.1) is 0 Å². The average Bonchev–Trinajstić information content (AvgIpc) is 3.21. The number of hydrogen-bond acceptors (Lipinski definition) is 4. The number of aromatic nitrogens is 3. The largest absolute Gasteiger partial charge is 0.326 e. The van der Waals surface area contributed by atoms with Crippen molar-refractivity contribution in [3.05, 3.63) is 48.4 Å². The Morgan fingerprint density at radius 2 is 2.09 bits per heavy atom. The lowest BCUT2D eigenvalue weighted by molar-refractivity contribution is 0.477. The molecule has 0 amide bonds. The summed E-state index contributed by atoms with van der Waals surface area (Å²) < 4.78 is 0. The number of hydrogen-bond donors (Lipinski definition) is 1. The van der Waals surface area contributed by atoms with E-state index in [1.807, 2.05) is 24.4 Å². The van der Waals surface area contributed by atoms with Crippen molar-refractivity contribution in [1.82, 2.24) is 19.9 Å². The molecule has 108 valence electrons. The predicted molar refractivity (Wildman–Crippen MR) is 83.9 cm³/mol. The second kappa shape index (κ2) is 5.15. The van der Waals surface area contributed by atoms with Crippen molar-refractivity contribution >= 4 is 11.2 Å². The van der Waals surface area contributed by atoms with Crippen LogP contribution in [0.2, 0.25) is 0 Å². The first-order chi connectivity index (χ1) is 10.8. The molecule has 2 aromatic heterocycles. The van der Waals surface area contributed by atoms with Gasteiger partial charge in [-0.05, 0) is 18.1 Å². The number of nitrogens with zero attached hydrogens (tertiary/aromatic N) is 4. The smallest absolute Gasteiger partial charge is 0.179 e. The number of likely N-dealkylation sites (tertiary alicyclic amines) is 1. The van der Waals surface area contributed by atoms with Gasteiger partial charge in [0.1, 0.15) is 11.3 Å². The molecule has 1 fully saturated rings. The van der Waals surface area contributed by atoms with Crippen LogP contribution < -0.4 is 0 Å². The van der Waals surface area contributed by atoms with Crippen LogP contribution in [-0.2, 0) is 0 Å². The Morgan fingerprint density at radius 1 is 1.23 bits per heavy atom. The number of rotatable bonds is 2. The first kappa shape index (κ1) is 12.8. The van der Waals surface area contributed by atoms with Gasteiger partial charge in [0, 0.05) is 30.8 Å². The quantitative estimate of drug-likeness (QED) is 0.736. The van der Waals surface area contributed by atoms with Gasteiger partial charge < -0.3 is 9.88 Å². The van der Waals surface area contributed by atoms with E-state index in [2.05, 4.69) is 34.4 Å². The SMILES string of the molecule is N#CN1CCC(c2nc3cc(-c4ccccc4)cnc3[nH]2)C1. The third kappa shape index (κ3) is 2.19. The van der Waals surface area contributed by atoms with Gasteiger partial charge in [-0.1, -0.05) is 30.3 Å². The first-order valence-electron chi connectivity index (χ1n) is 7.39. The van der Waals surface area contributed by atoms with E-state index in [0.717, 1.165) is 47.6 Å². The van der Waals surface area contributed by atoms with Gasteiger partial charge in [-0.2, -0.15) is 5.26 Å². The fourth-order valence-corrected chi connectivity index (χ4v) is 2.97. The molecule has 1 saturated heterocycles. The second-order valence-electron chi connectivity index (χ2n) is 5.61. The topological polar surface area (TPSA) is 68.6 Å². The summed E-state index contributed by atoms with van der Waals surface area (Å²) in [5.41, 5.74) is 3.89. The number of benzene rings is 1. The molecule has 3 aromatic rings. The summed E-state index contributed by atoms with van der Waals surface area (Å²) >= 11 is 0. The van der Waals surface area contributed by atoms with Crippen LogP contribution in [0.5, 0.6) is 0 Å². The van der Waals surface area contributed by atoms with Gasteiger partial charge in [0.05, 0.1) is 0 Å². The van der Waals surface area contributed by atoms with Crippen molar-refractivity contribution in [1.29, 1.82) is 5.26 Å². The van der Waals surface area contributed by atoms with Crippen LogP contribution in [-0.4, -0.2) is 32.9 Å². The number of imidazole rings is 1. The van der Waals surface area contributed by atoms with E-state index in [-0.39, 0.29) is 5.92 Å². The van der Waals surface area contributed by atoms with Crippen LogP contribution >= 0.6 is 0 Å². The number of pyridine rings is 1. The first-order valence-corrected chi connectivity index (χ1v) is 7.39. The second-order valence-corrected chi connectivity index (χ2v) is 5.61. The standard InChI is InChI=1S/C17H15N5/c18-11-22-7-6-13(10-22)16-20-15-8-14(9-19-17(15)21-16)12-4-2-1-3-5-12/h1-5,8-9,13H,6-7,10H2,(H,19,20,21). The molecule has 1 N–H and O–H groups in total. The molecule has 0 aliphatic carbocycles. The number of nitriles is 1. The number of aromatic amines is 1. The van der Waals surface area contributed by atoms with Crippen molar-refractivity contribution in [2.75, 3.05) is 13.1 Å². The summed E-state index contributed by atoms with van der Waals surface area (Å²) in [5, 5.41) is 8.97. The van der Waals surface area contributed by atoms with Crippen LogP contribution in [0.25, 0.3) is 22.3 Å². The van der Waals surface area contributed by atoms with E-state index in [1.165, 1.54) is 0 Å². The fourth-order valence-electron chi connectivity index (χ4n) is 2.97. The molecule has 1 aliphatic heterocycles. The highest BCUT2D eigenvalue weighted by Crippen LogP contribution is 2.27. The highest BCUT2D eigenvalue weighted by atomic mass is 15.1. The molecule has 0 bridgehead atoms. The van der Waals surface area contributed by atoms with E-state index in [1.54, 1.807) is 4.90 Å². The van der Waals surface area contributed by atoms with Gasteiger partial charge in [0.2, 0.25) is 0 Å². The molecule has 0 radical (unpaired) electrons. The van der Waals surface area contributed by atoms with E-state index in [9.17, 15) is 0 Å². The lowest BCUT2D eigenvalue weighted by Gasteiger charge is -2.05. The molecule has 5 nitrogen and oxygen atoms in total. The van der Waals surface area contributed by atoms with Crippen molar-refractivity contribution in [3.63, 3.8) is 0 Å². The molecule has 1 unspecified atom stereocenters. The van der Waals surface area contributed by atoms with Crippen LogP contribution in [0.1, 0.15) is 18.2 Å². The molecule has 3 heterocycles. The number of fused-ring (bicyclic) bond motifs is 1. The summed E-state index contributed by atoms with van der Waals surface area (Å²) in [6.45, 7) is 1.54. The molecule has 1 aliphatic rings. The Morgan fingerprint density at radius 3 is 2.86 bits per heavy atom. The van der Waals surface area contributed by atoms with E-state index in [4.69, 9.17) is 10.2 Å². The lowest BCUT2D eigenvalue weighted by atomic mass is 10.1. The van der Waals surface area contributed by atoms with Crippen molar-refractivity contribution in [3.8, 4) is 17.3 Å². The van der Waals surface area contributed by atoms with E-state index < -0.39 is 0 Å². The zero-order valence-corrected chi connectivity index (χ0v) is 12.0. The third-order valence-electron chi connectivity index (χ3n) is 4.18. The summed E-state index contributed by atoms with van der Waals surface area (Å²) in [6.07, 6.45) is 5.03. The molecular formula is C17H15N5. The van der Waals surface area contributed by atoms with Crippen LogP contribution in [0.15, 0.2) is 42.6 Å². The Bertz CT molecular complexity index is 846. The molecule has 5 heteroatoms. The maximum atomic E-state index is 8.97. The number of nitrogens with one attached hydrogen (secondary N) is 1. The summed E-state index contributed by atoms with van der Waals surface area (Å²) in [5.74, 6) is 1.22. The minimum absolute atomic E-state index is 0.286. The molecular weight excluding hydrogens is 274 g/mol. The van der Waals surface area contributed by atoms with Crippen molar-refractivity contribution in [2.24, 2.45) is 0 Å². The summed E-state index contributed by atoms with van der Waals surface area (Å²) in [4.78, 5) is 14.3. The normalized spacial score (nSPS) is 17.8. The maximum Gasteiger partial charge on any atom is 0.179 e. The maximum absolute atomic E-state index is 8.97. The summed E-state index contributed by atoms with van der Waals surface area (Å²) in [7, 11) is 0. The van der Waals surface area contributed by atoms with E-state index >= 15 is 0 Å². The average molecular weight is 289 g/mol. The summed E-state index contributed by atoms with van der Waals surface area (Å²) in [6, 6.07) is 12.2. The van der Waals surface area contributed by atoms with Crippen molar-refractivity contribution < 1.29 is 0 Å². The van der Waals surface area contributed by atoms with Gasteiger partial charge >= 0.3 is 0 Å². The molecule has 4 rings (SSSR count). The molecule has 0 spiro atoms. The van der Waals surface area contributed by atoms with Crippen LogP contribution in [0, 0.1) is 11.5 Å². The van der Waals surface area contributed by atoms with E-state index in [0.29, 0.717) is 0 Å². The van der Waals surface area contributed by atoms with Gasteiger partial charge in [0.25, 0.3) is 0 Å². The molecule has 22 heavy (non-hydrogen) atoms. The predicted octanol–water partition coefficient (Wildman–Crippen LogP) is 2.90. The van der Waals surface area contributed by atoms with Gasteiger partial charge in [0.15, 0.2) is 11.8 Å². The highest BCUT2D eigenvalue weighted by molar-refractivity contribution is 5.78. The minimum atomic E-state index is 0.286. The Balaban J connectivity index is 1.69. The third-order valence-corrected chi connectivity index (χ3v) is 4.18. The van der Waals surface area contributed by atoms with Crippen LogP contribution in [0.4, 0.5) is 0 Å². The monoisotopic (exact) mass is 289 g/mol. The minimum Gasteiger partial charge on any atom is -0.326 e. The Kier molecular flexibility index (Phi) is 3.01. The van der Waals surface area contributed by atoms with Gasteiger partial charge in [-0.3, -0.25) is 0 Å². The zero-order chi connectivity index (χ0) is 14.9. The van der Waals surface area contributed by atoms with Crippen molar-refractivity contribution in [2.45, 2.75) is 12.3 Å². The Hall–Kier alpha value is -2.87. The highest BCUT2D eigenvalue weighted by Gasteiger charge is 2.25. The number of H-pyrrole nitrogens is 1. The van der Waals surface area contributed by atoms with Gasteiger partial charge in [-0.25, -0.2) is 9.97 Å².